The van der Waals surface area contributed by atoms with Crippen LogP contribution in [0.5, 0.6) is 0 Å². The highest BCUT2D eigenvalue weighted by atomic mass is 16.2. The lowest BCUT2D eigenvalue weighted by molar-refractivity contribution is -0.134. The van der Waals surface area contributed by atoms with Gasteiger partial charge in [0.25, 0.3) is 5.91 Å². The van der Waals surface area contributed by atoms with Crippen molar-refractivity contribution in [3.8, 4) is 0 Å². The largest absolute Gasteiger partial charge is 0.330 e. The van der Waals surface area contributed by atoms with Crippen molar-refractivity contribution in [3.63, 3.8) is 0 Å². The fraction of sp³-hybridized carbons (Fsp3) is 0.556. The van der Waals surface area contributed by atoms with E-state index < -0.39 is 5.41 Å². The van der Waals surface area contributed by atoms with Gasteiger partial charge in [-0.15, -0.1) is 0 Å². The Balaban J connectivity index is 2.09. The molecule has 0 aromatic heterocycles. The third kappa shape index (κ3) is 3.62. The molecule has 1 aromatic rings. The van der Waals surface area contributed by atoms with Crippen LogP contribution in [0.25, 0.3) is 0 Å². The lowest BCUT2D eigenvalue weighted by atomic mass is 9.77. The third-order valence-corrected chi connectivity index (χ3v) is 4.52. The molecule has 0 bridgehead atoms. The smallest absolute Gasteiger partial charge is 0.260 e. The molecule has 0 saturated carbocycles. The molecule has 1 aliphatic heterocycles. The zero-order valence-corrected chi connectivity index (χ0v) is 14.3. The van der Waals surface area contributed by atoms with Gasteiger partial charge >= 0.3 is 0 Å². The van der Waals surface area contributed by atoms with E-state index in [0.717, 1.165) is 24.9 Å². The van der Waals surface area contributed by atoms with E-state index in [1.54, 1.807) is 0 Å². The van der Waals surface area contributed by atoms with Crippen LogP contribution in [0.4, 0.5) is 0 Å². The number of hydrogen-bond acceptors (Lipinski definition) is 4. The van der Waals surface area contributed by atoms with Gasteiger partial charge in [0.05, 0.1) is 5.41 Å². The highest BCUT2D eigenvalue weighted by molar-refractivity contribution is 6.12. The Kier molecular flexibility index (Phi) is 5.55. The average Bonchev–Trinajstić information content (AvgIpc) is 2.53. The van der Waals surface area contributed by atoms with Crippen molar-refractivity contribution in [2.45, 2.75) is 45.1 Å². The summed E-state index contributed by atoms with van der Waals surface area (Å²) in [6.07, 6.45) is 1.66. The molecule has 0 aliphatic carbocycles. The van der Waals surface area contributed by atoms with Crippen LogP contribution in [-0.2, 0) is 10.2 Å². The molecule has 2 rings (SSSR count). The quantitative estimate of drug-likeness (QED) is 0.592. The van der Waals surface area contributed by atoms with Crippen molar-refractivity contribution in [1.29, 1.82) is 0 Å². The van der Waals surface area contributed by atoms with Gasteiger partial charge in [-0.05, 0) is 58.3 Å². The standard InChI is InChI=1S/C18H27N3O2/c1-13(20-11-6-10-19)9-12-21-16(22)14-7-4-5-8-15(14)18(2,3)17(21)23/h4-5,7-8,13,20H,6,9-12,19H2,1-3H3. The van der Waals surface area contributed by atoms with Crippen LogP contribution in [0.2, 0.25) is 0 Å². The first-order valence-electron chi connectivity index (χ1n) is 8.29. The number of amides is 2. The van der Waals surface area contributed by atoms with Gasteiger partial charge in [0, 0.05) is 18.2 Å². The molecule has 1 atom stereocenters. The molecule has 126 valence electrons. The van der Waals surface area contributed by atoms with E-state index in [4.69, 9.17) is 5.73 Å². The molecule has 0 radical (unpaired) electrons. The minimum atomic E-state index is -0.666. The summed E-state index contributed by atoms with van der Waals surface area (Å²) in [4.78, 5) is 26.8. The fourth-order valence-electron chi connectivity index (χ4n) is 2.98. The van der Waals surface area contributed by atoms with Gasteiger partial charge in [-0.2, -0.15) is 0 Å². The second-order valence-electron chi connectivity index (χ2n) is 6.72. The lowest BCUT2D eigenvalue weighted by Crippen LogP contribution is -2.52. The number of nitrogens with zero attached hydrogens (tertiary/aromatic N) is 1. The summed E-state index contributed by atoms with van der Waals surface area (Å²) in [6.45, 7) is 7.79. The number of nitrogens with one attached hydrogen (secondary N) is 1. The topological polar surface area (TPSA) is 75.4 Å². The Hall–Kier alpha value is -1.72. The van der Waals surface area contributed by atoms with Gasteiger partial charge < -0.3 is 11.1 Å². The monoisotopic (exact) mass is 317 g/mol. The number of rotatable bonds is 7. The first-order valence-corrected chi connectivity index (χ1v) is 8.29. The van der Waals surface area contributed by atoms with Gasteiger partial charge in [0.1, 0.15) is 0 Å². The molecule has 0 spiro atoms. The fourth-order valence-corrected chi connectivity index (χ4v) is 2.98. The van der Waals surface area contributed by atoms with Crippen LogP contribution < -0.4 is 11.1 Å². The molecule has 2 amide bonds. The van der Waals surface area contributed by atoms with Gasteiger partial charge in [-0.3, -0.25) is 14.5 Å². The van der Waals surface area contributed by atoms with Crippen molar-refractivity contribution < 1.29 is 9.59 Å². The molecule has 5 heteroatoms. The average molecular weight is 317 g/mol. The molecule has 0 saturated heterocycles. The SMILES string of the molecule is CC(CCN1C(=O)c2ccccc2C(C)(C)C1=O)NCCCN. The van der Waals surface area contributed by atoms with E-state index in [2.05, 4.69) is 12.2 Å². The predicted molar refractivity (Wildman–Crippen MR) is 91.3 cm³/mol. The molecule has 1 aromatic carbocycles. The lowest BCUT2D eigenvalue weighted by Gasteiger charge is -2.37. The number of carbonyl (C=O) groups excluding carboxylic acids is 2. The number of imide groups is 1. The number of carbonyl (C=O) groups is 2. The zero-order chi connectivity index (χ0) is 17.0. The summed E-state index contributed by atoms with van der Waals surface area (Å²) in [5.41, 5.74) is 6.27. The van der Waals surface area contributed by atoms with Crippen LogP contribution in [-0.4, -0.2) is 42.4 Å². The Morgan fingerprint density at radius 3 is 2.65 bits per heavy atom. The minimum Gasteiger partial charge on any atom is -0.330 e. The van der Waals surface area contributed by atoms with E-state index in [1.165, 1.54) is 4.90 Å². The summed E-state index contributed by atoms with van der Waals surface area (Å²) in [5, 5.41) is 3.36. The number of hydrogen-bond donors (Lipinski definition) is 2. The second-order valence-corrected chi connectivity index (χ2v) is 6.72. The Morgan fingerprint density at radius 2 is 1.96 bits per heavy atom. The van der Waals surface area contributed by atoms with Crippen LogP contribution in [0.1, 0.15) is 49.5 Å². The van der Waals surface area contributed by atoms with Crippen LogP contribution >= 0.6 is 0 Å². The Morgan fingerprint density at radius 1 is 1.26 bits per heavy atom. The van der Waals surface area contributed by atoms with E-state index in [-0.39, 0.29) is 17.9 Å². The van der Waals surface area contributed by atoms with E-state index in [1.807, 2.05) is 38.1 Å². The van der Waals surface area contributed by atoms with Gasteiger partial charge in [0.15, 0.2) is 0 Å². The molecular formula is C18H27N3O2. The zero-order valence-electron chi connectivity index (χ0n) is 14.3. The van der Waals surface area contributed by atoms with Crippen molar-refractivity contribution in [2.75, 3.05) is 19.6 Å². The van der Waals surface area contributed by atoms with E-state index in [9.17, 15) is 9.59 Å². The van der Waals surface area contributed by atoms with Gasteiger partial charge in [-0.25, -0.2) is 0 Å². The minimum absolute atomic E-state index is 0.115. The van der Waals surface area contributed by atoms with Crippen LogP contribution in [0, 0.1) is 0 Å². The van der Waals surface area contributed by atoms with Crippen LogP contribution in [0.15, 0.2) is 24.3 Å². The molecule has 0 fully saturated rings. The third-order valence-electron chi connectivity index (χ3n) is 4.52. The maximum absolute atomic E-state index is 12.8. The Bertz CT molecular complexity index is 583. The number of nitrogens with two attached hydrogens (primary N) is 1. The van der Waals surface area contributed by atoms with Crippen LogP contribution in [0.3, 0.4) is 0 Å². The van der Waals surface area contributed by atoms with E-state index in [0.29, 0.717) is 18.7 Å². The van der Waals surface area contributed by atoms with Crippen molar-refractivity contribution in [1.82, 2.24) is 10.2 Å². The maximum Gasteiger partial charge on any atom is 0.260 e. The number of fused-ring (bicyclic) bond motifs is 1. The Labute approximate surface area is 138 Å². The first kappa shape index (κ1) is 17.6. The molecule has 23 heavy (non-hydrogen) atoms. The summed E-state index contributed by atoms with van der Waals surface area (Å²) in [6, 6.07) is 7.64. The van der Waals surface area contributed by atoms with E-state index >= 15 is 0 Å². The normalized spacial score (nSPS) is 18.0. The van der Waals surface area contributed by atoms with Gasteiger partial charge in [0.2, 0.25) is 5.91 Å². The summed E-state index contributed by atoms with van der Waals surface area (Å²) >= 11 is 0. The summed E-state index contributed by atoms with van der Waals surface area (Å²) < 4.78 is 0. The molecule has 3 N–H and O–H groups in total. The van der Waals surface area contributed by atoms with Crippen molar-refractivity contribution >= 4 is 11.8 Å². The maximum atomic E-state index is 12.8. The number of benzene rings is 1. The molecular weight excluding hydrogens is 290 g/mol. The molecule has 1 unspecified atom stereocenters. The highest BCUT2D eigenvalue weighted by Crippen LogP contribution is 2.34. The summed E-state index contributed by atoms with van der Waals surface area (Å²) in [7, 11) is 0. The summed E-state index contributed by atoms with van der Waals surface area (Å²) in [5.74, 6) is -0.297. The predicted octanol–water partition coefficient (Wildman–Crippen LogP) is 1.66. The molecule has 1 aliphatic rings. The molecule has 1 heterocycles. The highest BCUT2D eigenvalue weighted by Gasteiger charge is 2.43. The second kappa shape index (κ2) is 7.23. The molecule has 5 nitrogen and oxygen atoms in total. The van der Waals surface area contributed by atoms with Crippen molar-refractivity contribution in [2.24, 2.45) is 5.73 Å². The van der Waals surface area contributed by atoms with Gasteiger partial charge in [-0.1, -0.05) is 18.2 Å². The van der Waals surface area contributed by atoms with Crippen molar-refractivity contribution in [3.05, 3.63) is 35.4 Å². The first-order chi connectivity index (χ1) is 10.9.